The van der Waals surface area contributed by atoms with Crippen LogP contribution in [0.4, 0.5) is 11.4 Å². The second-order valence-electron chi connectivity index (χ2n) is 5.04. The first-order valence-electron chi connectivity index (χ1n) is 7.03. The first kappa shape index (κ1) is 15.3. The van der Waals surface area contributed by atoms with Gasteiger partial charge in [0.1, 0.15) is 5.75 Å². The largest absolute Gasteiger partial charge is 0.494 e. The number of likely N-dealkylation sites (N-methyl/N-ethyl adjacent to an activating group) is 1. The van der Waals surface area contributed by atoms with E-state index in [-0.39, 0.29) is 17.9 Å². The van der Waals surface area contributed by atoms with Crippen molar-refractivity contribution in [2.75, 3.05) is 30.9 Å². The minimum Gasteiger partial charge on any atom is -0.494 e. The molecule has 1 aliphatic heterocycles. The molecule has 6 heteroatoms. The van der Waals surface area contributed by atoms with E-state index in [1.807, 2.05) is 6.07 Å². The molecule has 1 saturated heterocycles. The number of anilines is 2. The van der Waals surface area contributed by atoms with Gasteiger partial charge in [0.2, 0.25) is 11.8 Å². The van der Waals surface area contributed by atoms with E-state index in [1.165, 1.54) is 0 Å². The van der Waals surface area contributed by atoms with Gasteiger partial charge in [-0.15, -0.1) is 0 Å². The molecular formula is C15H21N3O3. The lowest BCUT2D eigenvalue weighted by Gasteiger charge is -2.20. The number of benzene rings is 1. The molecule has 0 spiro atoms. The number of rotatable bonds is 5. The fourth-order valence-corrected chi connectivity index (χ4v) is 2.26. The fourth-order valence-electron chi connectivity index (χ4n) is 2.26. The predicted octanol–water partition coefficient (Wildman–Crippen LogP) is 1.37. The van der Waals surface area contributed by atoms with Crippen LogP contribution in [0, 0.1) is 0 Å². The Labute approximate surface area is 124 Å². The van der Waals surface area contributed by atoms with Crippen LogP contribution in [0.1, 0.15) is 19.8 Å². The van der Waals surface area contributed by atoms with E-state index in [9.17, 15) is 9.59 Å². The molecule has 0 radical (unpaired) electrons. The summed E-state index contributed by atoms with van der Waals surface area (Å²) in [4.78, 5) is 25.4. The number of carbonyl (C=O) groups is 2. The summed E-state index contributed by atoms with van der Waals surface area (Å²) in [5.41, 5.74) is 1.40. The molecular weight excluding hydrogens is 270 g/mol. The highest BCUT2D eigenvalue weighted by atomic mass is 16.5. The summed E-state index contributed by atoms with van der Waals surface area (Å²) >= 11 is 0. The van der Waals surface area contributed by atoms with Crippen LogP contribution in [0.25, 0.3) is 0 Å². The van der Waals surface area contributed by atoms with Gasteiger partial charge in [-0.05, 0) is 32.5 Å². The average molecular weight is 291 g/mol. The number of hydrogen-bond acceptors (Lipinski definition) is 4. The van der Waals surface area contributed by atoms with Crippen molar-refractivity contribution in [1.29, 1.82) is 0 Å². The van der Waals surface area contributed by atoms with Gasteiger partial charge in [0.05, 0.1) is 18.8 Å². The zero-order chi connectivity index (χ0) is 15.4. The van der Waals surface area contributed by atoms with Crippen LogP contribution in [0.2, 0.25) is 0 Å². The molecule has 0 aliphatic carbocycles. The first-order chi connectivity index (χ1) is 10.1. The number of ether oxygens (including phenoxy) is 1. The van der Waals surface area contributed by atoms with E-state index in [0.29, 0.717) is 24.4 Å². The van der Waals surface area contributed by atoms with E-state index < -0.39 is 0 Å². The summed E-state index contributed by atoms with van der Waals surface area (Å²) in [7, 11) is 3.29. The number of nitrogens with zero attached hydrogens (tertiary/aromatic N) is 1. The van der Waals surface area contributed by atoms with Crippen molar-refractivity contribution < 1.29 is 14.3 Å². The van der Waals surface area contributed by atoms with E-state index in [1.54, 1.807) is 38.1 Å². The molecule has 0 bridgehead atoms. The Morgan fingerprint density at radius 2 is 2.19 bits per heavy atom. The Morgan fingerprint density at radius 1 is 1.43 bits per heavy atom. The SMILES string of the molecule is CNC(C)C(=O)Nc1ccc(N2CCCC2=O)c(OC)c1. The van der Waals surface area contributed by atoms with Crippen molar-refractivity contribution in [1.82, 2.24) is 5.32 Å². The minimum atomic E-state index is -0.282. The number of nitrogens with one attached hydrogen (secondary N) is 2. The number of hydrogen-bond donors (Lipinski definition) is 2. The van der Waals surface area contributed by atoms with Crippen LogP contribution >= 0.6 is 0 Å². The molecule has 1 atom stereocenters. The number of carbonyl (C=O) groups excluding carboxylic acids is 2. The number of amides is 2. The van der Waals surface area contributed by atoms with Crippen molar-refractivity contribution in [2.45, 2.75) is 25.8 Å². The van der Waals surface area contributed by atoms with Gasteiger partial charge in [-0.1, -0.05) is 0 Å². The Bertz CT molecular complexity index is 545. The van der Waals surface area contributed by atoms with Crippen LogP contribution < -0.4 is 20.3 Å². The molecule has 1 aromatic rings. The molecule has 1 aromatic carbocycles. The molecule has 0 aromatic heterocycles. The predicted molar refractivity (Wildman–Crippen MR) is 81.7 cm³/mol. The van der Waals surface area contributed by atoms with Gasteiger partial charge in [-0.2, -0.15) is 0 Å². The summed E-state index contributed by atoms with van der Waals surface area (Å²) < 4.78 is 5.35. The zero-order valence-electron chi connectivity index (χ0n) is 12.6. The maximum absolute atomic E-state index is 11.9. The number of methoxy groups -OCH3 is 1. The lowest BCUT2D eigenvalue weighted by atomic mass is 10.2. The molecule has 1 unspecified atom stereocenters. The molecule has 0 saturated carbocycles. The fraction of sp³-hybridized carbons (Fsp3) is 0.467. The van der Waals surface area contributed by atoms with Crippen LogP contribution in [0.5, 0.6) is 5.75 Å². The van der Waals surface area contributed by atoms with Gasteiger partial charge in [0.25, 0.3) is 0 Å². The Kier molecular flexibility index (Phi) is 4.80. The maximum Gasteiger partial charge on any atom is 0.241 e. The third-order valence-corrected chi connectivity index (χ3v) is 3.64. The van der Waals surface area contributed by atoms with E-state index in [0.717, 1.165) is 12.1 Å². The third-order valence-electron chi connectivity index (χ3n) is 3.64. The van der Waals surface area contributed by atoms with Crippen LogP contribution in [-0.2, 0) is 9.59 Å². The van der Waals surface area contributed by atoms with Gasteiger partial charge >= 0.3 is 0 Å². The molecule has 114 valence electrons. The van der Waals surface area contributed by atoms with Gasteiger partial charge < -0.3 is 20.3 Å². The highest BCUT2D eigenvalue weighted by Gasteiger charge is 2.24. The van der Waals surface area contributed by atoms with E-state index in [4.69, 9.17) is 4.74 Å². The van der Waals surface area contributed by atoms with E-state index in [2.05, 4.69) is 10.6 Å². The normalized spacial score (nSPS) is 16.0. The molecule has 1 fully saturated rings. The molecule has 21 heavy (non-hydrogen) atoms. The third kappa shape index (κ3) is 3.33. The van der Waals surface area contributed by atoms with Crippen LogP contribution in [0.15, 0.2) is 18.2 Å². The smallest absolute Gasteiger partial charge is 0.241 e. The topological polar surface area (TPSA) is 70.7 Å². The van der Waals surface area contributed by atoms with Crippen LogP contribution in [-0.4, -0.2) is 38.6 Å². The zero-order valence-corrected chi connectivity index (χ0v) is 12.6. The van der Waals surface area contributed by atoms with Crippen molar-refractivity contribution in [3.05, 3.63) is 18.2 Å². The minimum absolute atomic E-state index is 0.105. The second-order valence-corrected chi connectivity index (χ2v) is 5.04. The quantitative estimate of drug-likeness (QED) is 0.859. The average Bonchev–Trinajstić information content (AvgIpc) is 2.92. The summed E-state index contributed by atoms with van der Waals surface area (Å²) in [6.45, 7) is 2.49. The van der Waals surface area contributed by atoms with Crippen molar-refractivity contribution in [3.8, 4) is 5.75 Å². The monoisotopic (exact) mass is 291 g/mol. The van der Waals surface area contributed by atoms with Gasteiger partial charge in [0, 0.05) is 24.7 Å². The van der Waals surface area contributed by atoms with Gasteiger partial charge in [-0.3, -0.25) is 9.59 Å². The lowest BCUT2D eigenvalue weighted by molar-refractivity contribution is -0.118. The van der Waals surface area contributed by atoms with Crippen LogP contribution in [0.3, 0.4) is 0 Å². The van der Waals surface area contributed by atoms with Crippen molar-refractivity contribution in [2.24, 2.45) is 0 Å². The second kappa shape index (κ2) is 6.58. The van der Waals surface area contributed by atoms with Crippen molar-refractivity contribution in [3.63, 3.8) is 0 Å². The summed E-state index contributed by atoms with van der Waals surface area (Å²) in [6, 6.07) is 5.04. The van der Waals surface area contributed by atoms with Gasteiger partial charge in [-0.25, -0.2) is 0 Å². The lowest BCUT2D eigenvalue weighted by Crippen LogP contribution is -2.35. The Morgan fingerprint density at radius 3 is 2.76 bits per heavy atom. The van der Waals surface area contributed by atoms with E-state index >= 15 is 0 Å². The molecule has 2 amide bonds. The Hall–Kier alpha value is -2.08. The maximum atomic E-state index is 11.9. The summed E-state index contributed by atoms with van der Waals surface area (Å²) in [6.07, 6.45) is 1.43. The molecule has 2 N–H and O–H groups in total. The molecule has 6 nitrogen and oxygen atoms in total. The molecule has 2 rings (SSSR count). The molecule has 1 heterocycles. The summed E-state index contributed by atoms with van der Waals surface area (Å²) in [5.74, 6) is 0.568. The highest BCUT2D eigenvalue weighted by Crippen LogP contribution is 2.33. The van der Waals surface area contributed by atoms with Crippen molar-refractivity contribution >= 4 is 23.2 Å². The molecule has 1 aliphatic rings. The first-order valence-corrected chi connectivity index (χ1v) is 7.03. The Balaban J connectivity index is 2.20. The highest BCUT2D eigenvalue weighted by molar-refractivity contribution is 5.98. The summed E-state index contributed by atoms with van der Waals surface area (Å²) in [5, 5.41) is 5.69. The van der Waals surface area contributed by atoms with Gasteiger partial charge in [0.15, 0.2) is 0 Å². The standard InChI is InChI=1S/C15H21N3O3/c1-10(16-2)15(20)17-11-6-7-12(13(9-11)21-3)18-8-4-5-14(18)19/h6-7,9-10,16H,4-5,8H2,1-3H3,(H,17,20).